The molecule has 1 amide bonds. The van der Waals surface area contributed by atoms with Crippen molar-refractivity contribution in [3.63, 3.8) is 0 Å². The Bertz CT molecular complexity index is 1730. The number of hydrogen-bond acceptors (Lipinski definition) is 6. The van der Waals surface area contributed by atoms with Gasteiger partial charge in [-0.3, -0.25) is 19.6 Å². The minimum absolute atomic E-state index is 0.0529. The lowest BCUT2D eigenvalue weighted by Gasteiger charge is -2.15. The second-order valence-electron chi connectivity index (χ2n) is 8.98. The van der Waals surface area contributed by atoms with Gasteiger partial charge in [0, 0.05) is 58.5 Å². The maximum Gasteiger partial charge on any atom is 0.254 e. The molecular formula is C25H23N7O3S. The first-order valence-corrected chi connectivity index (χ1v) is 13.4. The second kappa shape index (κ2) is 8.45. The third-order valence-corrected chi connectivity index (χ3v) is 6.95. The van der Waals surface area contributed by atoms with Gasteiger partial charge in [-0.25, -0.2) is 13.4 Å². The molecule has 36 heavy (non-hydrogen) atoms. The molecular weight excluding hydrogens is 478 g/mol. The number of anilines is 1. The van der Waals surface area contributed by atoms with Crippen LogP contribution in [0.25, 0.3) is 44.5 Å². The summed E-state index contributed by atoms with van der Waals surface area (Å²) < 4.78 is 25.7. The molecule has 5 aromatic rings. The molecule has 0 radical (unpaired) electrons. The Morgan fingerprint density at radius 1 is 1.03 bits per heavy atom. The van der Waals surface area contributed by atoms with E-state index in [0.717, 1.165) is 65.4 Å². The number of carbonyl (C=O) groups excluding carboxylic acids is 1. The number of sulfonamides is 1. The number of pyridine rings is 2. The summed E-state index contributed by atoms with van der Waals surface area (Å²) in [6, 6.07) is 11.3. The number of amides is 1. The van der Waals surface area contributed by atoms with Crippen molar-refractivity contribution < 1.29 is 13.2 Å². The molecule has 0 atom stereocenters. The summed E-state index contributed by atoms with van der Waals surface area (Å²) >= 11 is 0. The summed E-state index contributed by atoms with van der Waals surface area (Å²) in [5, 5.41) is 9.06. The predicted molar refractivity (Wildman–Crippen MR) is 138 cm³/mol. The van der Waals surface area contributed by atoms with Gasteiger partial charge < -0.3 is 9.88 Å². The largest absolute Gasteiger partial charge is 0.353 e. The molecule has 5 heterocycles. The number of aromatic nitrogens is 5. The van der Waals surface area contributed by atoms with Crippen LogP contribution in [0.5, 0.6) is 0 Å². The van der Waals surface area contributed by atoms with Crippen LogP contribution in [0, 0.1) is 0 Å². The van der Waals surface area contributed by atoms with Gasteiger partial charge in [0.05, 0.1) is 29.5 Å². The van der Waals surface area contributed by atoms with Crippen molar-refractivity contribution in [2.24, 2.45) is 0 Å². The standard InChI is InChI=1S/C25H23N7O3S/c1-36(34,35)31-17-9-15(12-26-14-17)16-10-20-23(29-30-24(20)27-13-16)22-11-19-18(5-4-6-21(19)28-22)25(33)32-7-2-3-8-32/h4-6,9-14,28,31H,2-3,7-8H2,1H3,(H,27,29,30). The summed E-state index contributed by atoms with van der Waals surface area (Å²) in [7, 11) is -3.42. The van der Waals surface area contributed by atoms with Gasteiger partial charge >= 0.3 is 0 Å². The second-order valence-corrected chi connectivity index (χ2v) is 10.7. The molecule has 3 N–H and O–H groups in total. The van der Waals surface area contributed by atoms with Crippen LogP contribution in [-0.2, 0) is 10.0 Å². The molecule has 1 fully saturated rings. The topological polar surface area (TPSA) is 137 Å². The van der Waals surface area contributed by atoms with Crippen molar-refractivity contribution in [2.45, 2.75) is 12.8 Å². The number of carbonyl (C=O) groups is 1. The molecule has 0 unspecified atom stereocenters. The molecule has 1 saturated heterocycles. The molecule has 0 saturated carbocycles. The minimum atomic E-state index is -3.42. The maximum absolute atomic E-state index is 13.1. The van der Waals surface area contributed by atoms with E-state index in [-0.39, 0.29) is 5.91 Å². The third kappa shape index (κ3) is 4.07. The Labute approximate surface area is 206 Å². The average Bonchev–Trinajstić information content (AvgIpc) is 3.61. The molecule has 10 nitrogen and oxygen atoms in total. The van der Waals surface area contributed by atoms with Crippen LogP contribution in [0.2, 0.25) is 0 Å². The van der Waals surface area contributed by atoms with Crippen molar-refractivity contribution in [1.29, 1.82) is 0 Å². The number of nitrogens with one attached hydrogen (secondary N) is 3. The molecule has 1 aliphatic rings. The van der Waals surface area contributed by atoms with E-state index in [1.165, 1.54) is 6.20 Å². The van der Waals surface area contributed by atoms with E-state index >= 15 is 0 Å². The van der Waals surface area contributed by atoms with Gasteiger partial charge in [-0.15, -0.1) is 0 Å². The van der Waals surface area contributed by atoms with Crippen LogP contribution in [0.3, 0.4) is 0 Å². The highest BCUT2D eigenvalue weighted by Crippen LogP contribution is 2.32. The first kappa shape index (κ1) is 22.2. The van der Waals surface area contributed by atoms with E-state index in [4.69, 9.17) is 0 Å². The van der Waals surface area contributed by atoms with Crippen molar-refractivity contribution in [3.05, 3.63) is 60.6 Å². The highest BCUT2D eigenvalue weighted by molar-refractivity contribution is 7.92. The van der Waals surface area contributed by atoms with Crippen LogP contribution in [0.15, 0.2) is 55.0 Å². The number of H-pyrrole nitrogens is 2. The van der Waals surface area contributed by atoms with Gasteiger partial charge in [-0.2, -0.15) is 5.10 Å². The Morgan fingerprint density at radius 2 is 1.83 bits per heavy atom. The van der Waals surface area contributed by atoms with Crippen molar-refractivity contribution in [1.82, 2.24) is 30.0 Å². The van der Waals surface area contributed by atoms with E-state index in [2.05, 4.69) is 29.9 Å². The average molecular weight is 502 g/mol. The van der Waals surface area contributed by atoms with Gasteiger partial charge in [0.2, 0.25) is 10.0 Å². The molecule has 0 aliphatic carbocycles. The lowest BCUT2D eigenvalue weighted by atomic mass is 10.1. The quantitative estimate of drug-likeness (QED) is 0.335. The smallest absolute Gasteiger partial charge is 0.254 e. The maximum atomic E-state index is 13.1. The van der Waals surface area contributed by atoms with Crippen LogP contribution in [0.1, 0.15) is 23.2 Å². The van der Waals surface area contributed by atoms with Crippen LogP contribution in [-0.4, -0.2) is 63.7 Å². The normalized spacial score (nSPS) is 14.1. The molecule has 1 aromatic carbocycles. The lowest BCUT2D eigenvalue weighted by molar-refractivity contribution is 0.0794. The molecule has 11 heteroatoms. The van der Waals surface area contributed by atoms with Gasteiger partial charge in [-0.05, 0) is 43.2 Å². The monoisotopic (exact) mass is 501 g/mol. The molecule has 1 aliphatic heterocycles. The zero-order valence-electron chi connectivity index (χ0n) is 19.4. The molecule has 0 bridgehead atoms. The Hall–Kier alpha value is -4.25. The van der Waals surface area contributed by atoms with E-state index in [0.29, 0.717) is 22.5 Å². The van der Waals surface area contributed by atoms with Crippen LogP contribution >= 0.6 is 0 Å². The highest BCUT2D eigenvalue weighted by Gasteiger charge is 2.22. The first-order chi connectivity index (χ1) is 17.4. The number of fused-ring (bicyclic) bond motifs is 2. The van der Waals surface area contributed by atoms with Crippen LogP contribution < -0.4 is 4.72 Å². The van der Waals surface area contributed by atoms with Crippen LogP contribution in [0.4, 0.5) is 5.69 Å². The Balaban J connectivity index is 1.41. The number of benzene rings is 1. The summed E-state index contributed by atoms with van der Waals surface area (Å²) in [5.74, 6) is 0.0529. The van der Waals surface area contributed by atoms with E-state index in [1.807, 2.05) is 35.2 Å². The number of rotatable bonds is 5. The predicted octanol–water partition coefficient (Wildman–Crippen LogP) is 3.78. The fourth-order valence-corrected chi connectivity index (χ4v) is 5.24. The van der Waals surface area contributed by atoms with Gasteiger partial charge in [0.15, 0.2) is 5.65 Å². The van der Waals surface area contributed by atoms with E-state index in [1.54, 1.807) is 18.5 Å². The summed E-state index contributed by atoms with van der Waals surface area (Å²) in [6.45, 7) is 1.59. The molecule has 182 valence electrons. The van der Waals surface area contributed by atoms with Gasteiger partial charge in [0.25, 0.3) is 5.91 Å². The first-order valence-electron chi connectivity index (χ1n) is 11.5. The number of nitrogens with zero attached hydrogens (tertiary/aromatic N) is 4. The summed E-state index contributed by atoms with van der Waals surface area (Å²) in [6.07, 6.45) is 7.94. The van der Waals surface area contributed by atoms with E-state index < -0.39 is 10.0 Å². The number of hydrogen-bond donors (Lipinski definition) is 3. The van der Waals surface area contributed by atoms with E-state index in [9.17, 15) is 13.2 Å². The summed E-state index contributed by atoms with van der Waals surface area (Å²) in [4.78, 5) is 27.1. The SMILES string of the molecule is CS(=O)(=O)Nc1cncc(-c2cnc3n[nH]c(-c4cc5c(C(=O)N6CCCC6)cccc5[nH]4)c3c2)c1. The minimum Gasteiger partial charge on any atom is -0.353 e. The van der Waals surface area contributed by atoms with Crippen molar-refractivity contribution in [2.75, 3.05) is 24.1 Å². The van der Waals surface area contributed by atoms with Gasteiger partial charge in [0.1, 0.15) is 0 Å². The highest BCUT2D eigenvalue weighted by atomic mass is 32.2. The fraction of sp³-hybridized carbons (Fsp3) is 0.200. The third-order valence-electron chi connectivity index (χ3n) is 6.34. The van der Waals surface area contributed by atoms with Crippen molar-refractivity contribution in [3.8, 4) is 22.5 Å². The van der Waals surface area contributed by atoms with Crippen molar-refractivity contribution >= 4 is 43.6 Å². The number of aromatic amines is 2. The molecule has 4 aromatic heterocycles. The lowest BCUT2D eigenvalue weighted by Crippen LogP contribution is -2.27. The molecule has 0 spiro atoms. The fourth-order valence-electron chi connectivity index (χ4n) is 4.70. The summed E-state index contributed by atoms with van der Waals surface area (Å²) in [5.41, 5.74) is 5.46. The zero-order chi connectivity index (χ0) is 24.9. The zero-order valence-corrected chi connectivity index (χ0v) is 20.3. The Morgan fingerprint density at radius 3 is 2.64 bits per heavy atom. The molecule has 6 rings (SSSR count). The number of likely N-dealkylation sites (tertiary alicyclic amines) is 1. The van der Waals surface area contributed by atoms with Gasteiger partial charge in [-0.1, -0.05) is 6.07 Å². The Kier molecular flexibility index (Phi) is 5.22.